The van der Waals surface area contributed by atoms with Crippen molar-refractivity contribution in [3.8, 4) is 5.75 Å². The Kier molecular flexibility index (Phi) is 4.73. The molecule has 0 heterocycles. The van der Waals surface area contributed by atoms with E-state index in [-0.39, 0.29) is 11.8 Å². The minimum absolute atomic E-state index is 0.00247. The summed E-state index contributed by atoms with van der Waals surface area (Å²) >= 11 is 3.20. The normalized spacial score (nSPS) is 12.2. The molecule has 5 heteroatoms. The number of nitro benzene ring substituents is 1. The van der Waals surface area contributed by atoms with Crippen LogP contribution in [0.25, 0.3) is 0 Å². The molecule has 0 aliphatic carbocycles. The zero-order chi connectivity index (χ0) is 12.1. The Hall–Kier alpha value is -1.10. The summed E-state index contributed by atoms with van der Waals surface area (Å²) < 4.78 is 6.22. The first-order valence-corrected chi connectivity index (χ1v) is 5.94. The average molecular weight is 288 g/mol. The van der Waals surface area contributed by atoms with Crippen molar-refractivity contribution in [2.24, 2.45) is 0 Å². The number of hydrogen-bond donors (Lipinski definition) is 0. The van der Waals surface area contributed by atoms with E-state index in [9.17, 15) is 10.1 Å². The molecular weight excluding hydrogens is 274 g/mol. The summed E-state index contributed by atoms with van der Waals surface area (Å²) in [6, 6.07) is 4.81. The van der Waals surface area contributed by atoms with E-state index in [2.05, 4.69) is 22.9 Å². The summed E-state index contributed by atoms with van der Waals surface area (Å²) in [6.07, 6.45) is 1.86. The molecule has 0 N–H and O–H groups in total. The topological polar surface area (TPSA) is 52.4 Å². The Balaban J connectivity index is 2.90. The molecule has 16 heavy (non-hydrogen) atoms. The summed E-state index contributed by atoms with van der Waals surface area (Å²) in [5, 5.41) is 10.8. The van der Waals surface area contributed by atoms with Crippen LogP contribution in [-0.4, -0.2) is 11.0 Å². The first-order chi connectivity index (χ1) is 7.54. The zero-order valence-electron chi connectivity index (χ0n) is 9.27. The van der Waals surface area contributed by atoms with Crippen molar-refractivity contribution < 1.29 is 9.66 Å². The minimum atomic E-state index is -0.432. The Bertz CT molecular complexity index is 381. The Morgan fingerprint density at radius 3 is 2.81 bits per heavy atom. The lowest BCUT2D eigenvalue weighted by Gasteiger charge is -2.13. The molecule has 1 atom stereocenters. The summed E-state index contributed by atoms with van der Waals surface area (Å²) in [5.74, 6) is 0.328. The molecular formula is C11H14BrNO3. The SMILES string of the molecule is CCC[C@H](C)Oc1ccc(Br)cc1[N+](=O)[O-]. The van der Waals surface area contributed by atoms with Crippen LogP contribution in [0.15, 0.2) is 22.7 Å². The second-order valence-corrected chi connectivity index (χ2v) is 4.50. The number of ether oxygens (including phenoxy) is 1. The molecule has 0 fully saturated rings. The van der Waals surface area contributed by atoms with Crippen molar-refractivity contribution in [1.29, 1.82) is 0 Å². The average Bonchev–Trinajstić information content (AvgIpc) is 2.20. The molecule has 1 rings (SSSR count). The van der Waals surface area contributed by atoms with Crippen molar-refractivity contribution in [2.45, 2.75) is 32.8 Å². The van der Waals surface area contributed by atoms with Gasteiger partial charge in [0, 0.05) is 10.5 Å². The first kappa shape index (κ1) is 13.0. The number of nitrogens with zero attached hydrogens (tertiary/aromatic N) is 1. The number of rotatable bonds is 5. The van der Waals surface area contributed by atoms with E-state index in [1.165, 1.54) is 6.07 Å². The van der Waals surface area contributed by atoms with E-state index in [0.29, 0.717) is 10.2 Å². The van der Waals surface area contributed by atoms with Crippen LogP contribution in [-0.2, 0) is 0 Å². The summed E-state index contributed by atoms with van der Waals surface area (Å²) in [4.78, 5) is 10.4. The van der Waals surface area contributed by atoms with Crippen molar-refractivity contribution in [2.75, 3.05) is 0 Å². The van der Waals surface area contributed by atoms with E-state index in [4.69, 9.17) is 4.74 Å². The van der Waals surface area contributed by atoms with Crippen molar-refractivity contribution in [3.05, 3.63) is 32.8 Å². The van der Waals surface area contributed by atoms with E-state index >= 15 is 0 Å². The fourth-order valence-electron chi connectivity index (χ4n) is 1.42. The van der Waals surface area contributed by atoms with E-state index < -0.39 is 4.92 Å². The van der Waals surface area contributed by atoms with Gasteiger partial charge in [0.05, 0.1) is 11.0 Å². The summed E-state index contributed by atoms with van der Waals surface area (Å²) in [5.41, 5.74) is -0.00247. The number of hydrogen-bond acceptors (Lipinski definition) is 3. The predicted molar refractivity (Wildman–Crippen MR) is 65.8 cm³/mol. The lowest BCUT2D eigenvalue weighted by atomic mass is 10.2. The number of nitro groups is 1. The molecule has 0 saturated heterocycles. The van der Waals surface area contributed by atoms with Gasteiger partial charge in [-0.05, 0) is 25.5 Å². The first-order valence-electron chi connectivity index (χ1n) is 5.15. The molecule has 88 valence electrons. The molecule has 0 spiro atoms. The molecule has 0 amide bonds. The molecule has 0 radical (unpaired) electrons. The van der Waals surface area contributed by atoms with Gasteiger partial charge in [0.15, 0.2) is 5.75 Å². The van der Waals surface area contributed by atoms with Crippen molar-refractivity contribution in [3.63, 3.8) is 0 Å². The highest BCUT2D eigenvalue weighted by molar-refractivity contribution is 9.10. The molecule has 0 saturated carbocycles. The van der Waals surface area contributed by atoms with Crippen LogP contribution in [0, 0.1) is 10.1 Å². The summed E-state index contributed by atoms with van der Waals surface area (Å²) in [6.45, 7) is 3.96. The van der Waals surface area contributed by atoms with E-state index in [0.717, 1.165) is 12.8 Å². The Morgan fingerprint density at radius 1 is 1.56 bits per heavy atom. The monoisotopic (exact) mass is 287 g/mol. The van der Waals surface area contributed by atoms with Gasteiger partial charge < -0.3 is 4.74 Å². The maximum Gasteiger partial charge on any atom is 0.312 e. The van der Waals surface area contributed by atoms with Gasteiger partial charge in [0.25, 0.3) is 0 Å². The van der Waals surface area contributed by atoms with Crippen molar-refractivity contribution in [1.82, 2.24) is 0 Å². The van der Waals surface area contributed by atoms with Gasteiger partial charge in [-0.2, -0.15) is 0 Å². The molecule has 1 aromatic carbocycles. The number of halogens is 1. The molecule has 0 aliphatic rings. The third-order valence-corrected chi connectivity index (χ3v) is 2.63. The lowest BCUT2D eigenvalue weighted by molar-refractivity contribution is -0.386. The van der Waals surface area contributed by atoms with E-state index in [1.807, 2.05) is 6.92 Å². The van der Waals surface area contributed by atoms with Crippen LogP contribution in [0.2, 0.25) is 0 Å². The van der Waals surface area contributed by atoms with Gasteiger partial charge >= 0.3 is 5.69 Å². The smallest absolute Gasteiger partial charge is 0.312 e. The third-order valence-electron chi connectivity index (χ3n) is 2.14. The largest absolute Gasteiger partial charge is 0.484 e. The highest BCUT2D eigenvalue weighted by atomic mass is 79.9. The molecule has 0 aliphatic heterocycles. The van der Waals surface area contributed by atoms with Gasteiger partial charge in [-0.25, -0.2) is 0 Å². The lowest BCUT2D eigenvalue weighted by Crippen LogP contribution is -2.12. The van der Waals surface area contributed by atoms with Crippen LogP contribution in [0.4, 0.5) is 5.69 Å². The molecule has 0 aromatic heterocycles. The Labute approximate surface area is 103 Å². The van der Waals surface area contributed by atoms with Gasteiger partial charge in [-0.1, -0.05) is 29.3 Å². The quantitative estimate of drug-likeness (QED) is 0.609. The second kappa shape index (κ2) is 5.84. The van der Waals surface area contributed by atoms with Crippen LogP contribution in [0.3, 0.4) is 0 Å². The molecule has 4 nitrogen and oxygen atoms in total. The molecule has 1 aromatic rings. The predicted octanol–water partition coefficient (Wildman–Crippen LogP) is 3.92. The van der Waals surface area contributed by atoms with E-state index in [1.54, 1.807) is 12.1 Å². The highest BCUT2D eigenvalue weighted by Gasteiger charge is 2.17. The van der Waals surface area contributed by atoms with Gasteiger partial charge in [0.1, 0.15) is 0 Å². The van der Waals surface area contributed by atoms with Gasteiger partial charge in [-0.15, -0.1) is 0 Å². The van der Waals surface area contributed by atoms with Crippen LogP contribution in [0.1, 0.15) is 26.7 Å². The highest BCUT2D eigenvalue weighted by Crippen LogP contribution is 2.31. The molecule has 0 bridgehead atoms. The standard InChI is InChI=1S/C11H14BrNO3/c1-3-4-8(2)16-11-6-5-9(12)7-10(11)13(14)15/h5-8H,3-4H2,1-2H3/t8-/m0/s1. The summed E-state index contributed by atoms with van der Waals surface area (Å²) in [7, 11) is 0. The third kappa shape index (κ3) is 3.48. The van der Waals surface area contributed by atoms with Crippen LogP contribution >= 0.6 is 15.9 Å². The fourth-order valence-corrected chi connectivity index (χ4v) is 1.76. The minimum Gasteiger partial charge on any atom is -0.484 e. The maximum absolute atomic E-state index is 10.8. The maximum atomic E-state index is 10.8. The zero-order valence-corrected chi connectivity index (χ0v) is 10.9. The van der Waals surface area contributed by atoms with Gasteiger partial charge in [-0.3, -0.25) is 10.1 Å². The van der Waals surface area contributed by atoms with Crippen molar-refractivity contribution >= 4 is 21.6 Å². The number of benzene rings is 1. The Morgan fingerprint density at radius 2 is 2.25 bits per heavy atom. The molecule has 0 unspecified atom stereocenters. The van der Waals surface area contributed by atoms with Gasteiger partial charge in [0.2, 0.25) is 0 Å². The van der Waals surface area contributed by atoms with Crippen LogP contribution in [0.5, 0.6) is 5.75 Å². The fraction of sp³-hybridized carbons (Fsp3) is 0.455. The van der Waals surface area contributed by atoms with Crippen LogP contribution < -0.4 is 4.74 Å². The second-order valence-electron chi connectivity index (χ2n) is 3.59.